The van der Waals surface area contributed by atoms with Crippen molar-refractivity contribution in [3.05, 3.63) is 50.9 Å². The number of halogens is 1. The Hall–Kier alpha value is -1.06. The fourth-order valence-corrected chi connectivity index (χ4v) is 5.44. The second kappa shape index (κ2) is 8.31. The van der Waals surface area contributed by atoms with Crippen LogP contribution in [0.2, 0.25) is 0 Å². The van der Waals surface area contributed by atoms with Crippen LogP contribution in [-0.2, 0) is 4.74 Å². The van der Waals surface area contributed by atoms with Crippen molar-refractivity contribution in [2.45, 2.75) is 12.1 Å². The normalized spacial score (nSPS) is 24.0. The van der Waals surface area contributed by atoms with E-state index in [9.17, 15) is 0 Å². The monoisotopic (exact) mass is 452 g/mol. The van der Waals surface area contributed by atoms with Gasteiger partial charge in [-0.25, -0.2) is 0 Å². The summed E-state index contributed by atoms with van der Waals surface area (Å²) in [5.74, 6) is 0. The fourth-order valence-electron chi connectivity index (χ4n) is 3.51. The minimum atomic E-state index is 0.0685. The van der Waals surface area contributed by atoms with E-state index in [4.69, 9.17) is 17.0 Å². The van der Waals surface area contributed by atoms with Crippen molar-refractivity contribution >= 4 is 44.6 Å². The molecule has 138 valence electrons. The largest absolute Gasteiger partial charge is 0.379 e. The van der Waals surface area contributed by atoms with Crippen LogP contribution in [0.1, 0.15) is 22.7 Å². The lowest BCUT2D eigenvalue weighted by Gasteiger charge is -2.31. The summed E-state index contributed by atoms with van der Waals surface area (Å²) in [7, 11) is 0. The molecular formula is C18H21BrN4OS2. The zero-order chi connectivity index (χ0) is 17.9. The van der Waals surface area contributed by atoms with Crippen molar-refractivity contribution < 1.29 is 4.74 Å². The Labute approximate surface area is 171 Å². The molecule has 0 aromatic carbocycles. The number of ether oxygens (including phenoxy) is 1. The number of hydrogen-bond acceptors (Lipinski definition) is 5. The molecule has 0 amide bonds. The Morgan fingerprint density at radius 3 is 2.85 bits per heavy atom. The number of nitrogens with zero attached hydrogens (tertiary/aromatic N) is 3. The van der Waals surface area contributed by atoms with Gasteiger partial charge in [-0.1, -0.05) is 6.07 Å². The molecule has 1 N–H and O–H groups in total. The second-order valence-corrected chi connectivity index (χ2v) is 8.69. The molecule has 0 saturated carbocycles. The van der Waals surface area contributed by atoms with Crippen LogP contribution in [0, 0.1) is 0 Å². The standard InChI is InChI=1S/C18H21BrN4OS2/c19-13-11-15(26-12-13)17-16(14-3-1-2-4-20-14)21-18(25)23(17)6-5-22-7-9-24-10-8-22/h1-4,11-12,16-17H,5-10H2,(H,21,25)/t16-,17-/m1/s1. The van der Waals surface area contributed by atoms with Gasteiger partial charge < -0.3 is 15.0 Å². The molecule has 2 aromatic rings. The molecule has 2 aliphatic rings. The van der Waals surface area contributed by atoms with Gasteiger partial charge in [0.15, 0.2) is 5.11 Å². The van der Waals surface area contributed by atoms with Crippen molar-refractivity contribution in [1.29, 1.82) is 0 Å². The number of nitrogens with one attached hydrogen (secondary N) is 1. The summed E-state index contributed by atoms with van der Waals surface area (Å²) in [5, 5.41) is 6.45. The summed E-state index contributed by atoms with van der Waals surface area (Å²) in [4.78, 5) is 10.6. The van der Waals surface area contributed by atoms with Crippen LogP contribution in [0.25, 0.3) is 0 Å². The summed E-state index contributed by atoms with van der Waals surface area (Å²) in [6.07, 6.45) is 1.85. The molecule has 2 aromatic heterocycles. The number of hydrogen-bond donors (Lipinski definition) is 1. The molecule has 0 unspecified atom stereocenters. The van der Waals surface area contributed by atoms with Crippen LogP contribution in [0.3, 0.4) is 0 Å². The van der Waals surface area contributed by atoms with Crippen LogP contribution in [-0.4, -0.2) is 59.3 Å². The number of morpholine rings is 1. The van der Waals surface area contributed by atoms with E-state index in [2.05, 4.69) is 53.5 Å². The summed E-state index contributed by atoms with van der Waals surface area (Å²) >= 11 is 11.1. The highest BCUT2D eigenvalue weighted by molar-refractivity contribution is 9.10. The van der Waals surface area contributed by atoms with Gasteiger partial charge in [-0.3, -0.25) is 9.88 Å². The first-order valence-corrected chi connectivity index (χ1v) is 10.8. The fraction of sp³-hybridized carbons (Fsp3) is 0.444. The third-order valence-corrected chi connectivity index (χ3v) is 6.95. The highest BCUT2D eigenvalue weighted by Gasteiger charge is 2.40. The van der Waals surface area contributed by atoms with Gasteiger partial charge in [-0.05, 0) is 46.3 Å². The number of rotatable bonds is 5. The molecule has 2 atom stereocenters. The van der Waals surface area contributed by atoms with Gasteiger partial charge in [-0.2, -0.15) is 0 Å². The minimum Gasteiger partial charge on any atom is -0.379 e. The van der Waals surface area contributed by atoms with Gasteiger partial charge in [0.1, 0.15) is 0 Å². The minimum absolute atomic E-state index is 0.0685. The molecule has 5 nitrogen and oxygen atoms in total. The first-order valence-electron chi connectivity index (χ1n) is 8.74. The van der Waals surface area contributed by atoms with Crippen molar-refractivity contribution in [2.24, 2.45) is 0 Å². The first-order chi connectivity index (χ1) is 12.7. The van der Waals surface area contributed by atoms with E-state index < -0.39 is 0 Å². The topological polar surface area (TPSA) is 40.6 Å². The predicted octanol–water partition coefficient (Wildman–Crippen LogP) is 3.21. The molecule has 2 saturated heterocycles. The van der Waals surface area contributed by atoms with E-state index in [-0.39, 0.29) is 12.1 Å². The van der Waals surface area contributed by atoms with Crippen molar-refractivity contribution in [3.63, 3.8) is 0 Å². The molecule has 2 aliphatic heterocycles. The van der Waals surface area contributed by atoms with Crippen LogP contribution < -0.4 is 5.32 Å². The van der Waals surface area contributed by atoms with Gasteiger partial charge in [-0.15, -0.1) is 11.3 Å². The first kappa shape index (κ1) is 18.3. The third kappa shape index (κ3) is 3.94. The van der Waals surface area contributed by atoms with E-state index in [1.54, 1.807) is 11.3 Å². The number of pyridine rings is 1. The summed E-state index contributed by atoms with van der Waals surface area (Å²) < 4.78 is 6.57. The molecule has 8 heteroatoms. The average Bonchev–Trinajstić information content (AvgIpc) is 3.24. The Bertz CT molecular complexity index is 751. The molecule has 0 radical (unpaired) electrons. The zero-order valence-electron chi connectivity index (χ0n) is 14.3. The SMILES string of the molecule is S=C1N[C@H](c2ccccn2)[C@@H](c2cc(Br)cs2)N1CCN1CCOCC1. The zero-order valence-corrected chi connectivity index (χ0v) is 17.5. The van der Waals surface area contributed by atoms with Crippen LogP contribution in [0.5, 0.6) is 0 Å². The summed E-state index contributed by atoms with van der Waals surface area (Å²) in [6, 6.07) is 8.48. The molecule has 4 rings (SSSR count). The molecule has 2 fully saturated rings. The summed E-state index contributed by atoms with van der Waals surface area (Å²) in [5.41, 5.74) is 1.03. The number of thiophene rings is 1. The van der Waals surface area contributed by atoms with Gasteiger partial charge >= 0.3 is 0 Å². The predicted molar refractivity (Wildman–Crippen MR) is 111 cm³/mol. The average molecular weight is 453 g/mol. The van der Waals surface area contributed by atoms with Crippen molar-refractivity contribution in [2.75, 3.05) is 39.4 Å². The van der Waals surface area contributed by atoms with Crippen LogP contribution in [0.15, 0.2) is 40.3 Å². The van der Waals surface area contributed by atoms with Crippen LogP contribution >= 0.6 is 39.5 Å². The van der Waals surface area contributed by atoms with E-state index >= 15 is 0 Å². The maximum absolute atomic E-state index is 5.70. The maximum Gasteiger partial charge on any atom is 0.170 e. The lowest BCUT2D eigenvalue weighted by atomic mass is 10.0. The Morgan fingerprint density at radius 2 is 2.15 bits per heavy atom. The third-order valence-electron chi connectivity index (χ3n) is 4.84. The lowest BCUT2D eigenvalue weighted by molar-refractivity contribution is 0.0350. The lowest BCUT2D eigenvalue weighted by Crippen LogP contribution is -2.42. The Balaban J connectivity index is 1.57. The highest BCUT2D eigenvalue weighted by atomic mass is 79.9. The Kier molecular flexibility index (Phi) is 5.85. The van der Waals surface area contributed by atoms with E-state index in [0.29, 0.717) is 0 Å². The van der Waals surface area contributed by atoms with Gasteiger partial charge in [0.2, 0.25) is 0 Å². The molecule has 0 spiro atoms. The van der Waals surface area contributed by atoms with Crippen molar-refractivity contribution in [1.82, 2.24) is 20.1 Å². The molecule has 0 bridgehead atoms. The van der Waals surface area contributed by atoms with Gasteiger partial charge in [0.05, 0.1) is 31.0 Å². The van der Waals surface area contributed by atoms with E-state index in [1.165, 1.54) is 4.88 Å². The molecule has 26 heavy (non-hydrogen) atoms. The van der Waals surface area contributed by atoms with Gasteiger partial charge in [0, 0.05) is 47.1 Å². The number of thiocarbonyl (C=S) groups is 1. The number of aromatic nitrogens is 1. The van der Waals surface area contributed by atoms with Crippen molar-refractivity contribution in [3.8, 4) is 0 Å². The Morgan fingerprint density at radius 1 is 1.31 bits per heavy atom. The summed E-state index contributed by atoms with van der Waals surface area (Å²) in [6.45, 7) is 5.51. The van der Waals surface area contributed by atoms with E-state index in [0.717, 1.165) is 54.7 Å². The quantitative estimate of drug-likeness (QED) is 0.702. The molecular weight excluding hydrogens is 432 g/mol. The van der Waals surface area contributed by atoms with Crippen LogP contribution in [0.4, 0.5) is 0 Å². The second-order valence-electron chi connectivity index (χ2n) is 6.44. The molecule has 0 aliphatic carbocycles. The smallest absolute Gasteiger partial charge is 0.170 e. The molecule has 4 heterocycles. The maximum atomic E-state index is 5.70. The highest BCUT2D eigenvalue weighted by Crippen LogP contribution is 2.41. The van der Waals surface area contributed by atoms with Gasteiger partial charge in [0.25, 0.3) is 0 Å². The van der Waals surface area contributed by atoms with E-state index in [1.807, 2.05) is 18.3 Å².